The van der Waals surface area contributed by atoms with E-state index in [1.807, 2.05) is 0 Å². The molecule has 0 aliphatic heterocycles. The summed E-state index contributed by atoms with van der Waals surface area (Å²) in [5.74, 6) is 0. The molecule has 0 saturated heterocycles. The van der Waals surface area contributed by atoms with Crippen molar-refractivity contribution in [2.75, 3.05) is 0 Å². The van der Waals surface area contributed by atoms with Gasteiger partial charge in [-0.05, 0) is 0 Å². The Morgan fingerprint density at radius 2 is 0.0370 bits per heavy atom. The molecular weight excluding hydrogens is 1950 g/mol. The van der Waals surface area contributed by atoms with Crippen molar-refractivity contribution < 1.29 is 604 Å². The second-order valence-electron chi connectivity index (χ2n) is 0. The Bertz CT molecular complexity index is 52.7. The predicted octanol–water partition coefficient (Wildman–Crippen LogP) is -3.86. The van der Waals surface area contributed by atoms with Crippen LogP contribution in [0.5, 0.6) is 0 Å². The van der Waals surface area contributed by atoms with Crippen LogP contribution in [0.3, 0.4) is 0 Å². The van der Waals surface area contributed by atoms with E-state index < -0.39 is 0 Å². The van der Waals surface area contributed by atoms with Gasteiger partial charge in [-0.2, -0.15) is 0 Å². The molecule has 0 heterocycles. The van der Waals surface area contributed by atoms with E-state index in [0.29, 0.717) is 0 Å². The molecule has 0 saturated carbocycles. The molecule has 0 aromatic heterocycles. The average molecular weight is 1950 g/mol. The summed E-state index contributed by atoms with van der Waals surface area (Å²) >= 11 is 0. The zero-order valence-electron chi connectivity index (χ0n) is 28.6. The van der Waals surface area contributed by atoms with Gasteiger partial charge in [-0.3, -0.25) is 0 Å². The van der Waals surface area contributed by atoms with Crippen LogP contribution in [0.25, 0.3) is 0 Å². The molecule has 0 aromatic carbocycles. The first-order valence-corrected chi connectivity index (χ1v) is 0. The maximum absolute atomic E-state index is 0. The zero-order valence-corrected chi connectivity index (χ0v) is 93.9. The van der Waals surface area contributed by atoms with Crippen molar-refractivity contribution in [3.8, 4) is 0 Å². The Balaban J connectivity index is 0. The van der Waals surface area contributed by atoms with E-state index in [1.54, 1.807) is 0 Å². The molecule has 0 rings (SSSR count). The van der Waals surface area contributed by atoms with Crippen LogP contribution >= 0.6 is 0 Å². The van der Waals surface area contributed by atoms with Gasteiger partial charge in [0.15, 0.2) is 0 Å². The summed E-state index contributed by atoms with van der Waals surface area (Å²) in [6.45, 7) is 0. The summed E-state index contributed by atoms with van der Waals surface area (Å²) in [5, 5.41) is 0. The quantitative estimate of drug-likeness (QED) is 0.210. The first kappa shape index (κ1) is 1840. The largest absolute Gasteiger partial charge is 2.00 e. The average Bonchev–Trinajstić information content (AvgIpc) is 0. The topological polar surface area (TPSA) is 912 Å². The van der Waals surface area contributed by atoms with Crippen LogP contribution in [0.4, 0.5) is 0 Å². The van der Waals surface area contributed by atoms with Crippen molar-refractivity contribution in [3.63, 3.8) is 0 Å². The smallest absolute Gasteiger partial charge is 2.00 e. The van der Waals surface area contributed by atoms with Crippen molar-refractivity contribution >= 4 is 0 Å². The van der Waals surface area contributed by atoms with Crippen molar-refractivity contribution in [1.29, 1.82) is 0 Å². The van der Waals surface area contributed by atoms with Gasteiger partial charge in [0.1, 0.15) is 0 Å². The molecule has 0 aliphatic rings. The fourth-order valence-corrected chi connectivity index (χ4v) is 0. The zero-order chi connectivity index (χ0) is 0. The van der Waals surface area contributed by atoms with Gasteiger partial charge in [-0.15, -0.1) is 0 Å². The van der Waals surface area contributed by atoms with Gasteiger partial charge in [0.25, 0.3) is 0 Å². The summed E-state index contributed by atoms with van der Waals surface area (Å²) in [6.07, 6.45) is 0. The summed E-state index contributed by atoms with van der Waals surface area (Å²) in [5.41, 5.74) is 0. The van der Waals surface area contributed by atoms with Crippen LogP contribution < -0.4 is 0 Å². The molecule has 54 heteroatoms. The van der Waals surface area contributed by atoms with E-state index >= 15 is 0 Å². The Morgan fingerprint density at radius 3 is 0.0370 bits per heavy atom. The Kier molecular flexibility index (Phi) is 59900. The monoisotopic (exact) mass is 1920 g/mol. The van der Waals surface area contributed by atoms with Crippen molar-refractivity contribution in [2.24, 2.45) is 0 Å². The Labute approximate surface area is 592 Å². The summed E-state index contributed by atoms with van der Waals surface area (Å²) in [6, 6.07) is 0. The Morgan fingerprint density at radius 1 is 0.0370 bits per heavy atom. The van der Waals surface area contributed by atoms with E-state index in [2.05, 4.69) is 0 Å². The second-order valence-corrected chi connectivity index (χ2v) is 0. The van der Waals surface area contributed by atoms with Crippen molar-refractivity contribution in [2.45, 2.75) is 0 Å². The summed E-state index contributed by atoms with van der Waals surface area (Å²) < 4.78 is 0. The standard InChI is InChI=1S/32O.22Zn/q32*-2;22*+2. The van der Waals surface area contributed by atoms with E-state index in [1.165, 1.54) is 0 Å². The molecule has 0 aromatic rings. The molecule has 0 unspecified atom stereocenters. The summed E-state index contributed by atoms with van der Waals surface area (Å²) in [7, 11) is 0. The van der Waals surface area contributed by atoms with Gasteiger partial charge in [0.05, 0.1) is 0 Å². The number of hydrogen-bond donors (Lipinski definition) is 0. The predicted molar refractivity (Wildman–Crippen MR) is 22.0 cm³/mol. The van der Waals surface area contributed by atoms with Crippen LogP contribution in [0.2, 0.25) is 0 Å². The number of rotatable bonds is 0. The molecule has 0 radical (unpaired) electrons. The SMILES string of the molecule is [O-2].[O-2].[O-2].[O-2].[O-2].[O-2].[O-2].[O-2].[O-2].[O-2].[O-2].[O-2].[O-2].[O-2].[O-2].[O-2].[O-2].[O-2].[O-2].[O-2].[O-2].[O-2].[O-2].[O-2].[O-2].[O-2].[O-2].[O-2].[O-2].[O-2].[O-2].[O-2].[Zn+2].[Zn+2].[Zn+2].[Zn+2].[Zn+2].[Zn+2].[Zn+2].[Zn+2].[Zn+2].[Zn+2].[Zn+2].[Zn+2].[Zn+2].[Zn+2].[Zn+2].[Zn+2].[Zn+2].[Zn+2].[Zn+2].[Zn+2].[Zn+2].[Zn+2]. The third-order valence-electron chi connectivity index (χ3n) is 0. The molecule has 256 valence electrons. The van der Waals surface area contributed by atoms with E-state index in [-0.39, 0.29) is 604 Å². The maximum atomic E-state index is 0. The van der Waals surface area contributed by atoms with Crippen LogP contribution in [0.1, 0.15) is 0 Å². The van der Waals surface area contributed by atoms with Gasteiger partial charge in [-0.1, -0.05) is 0 Å². The minimum absolute atomic E-state index is 0. The first-order chi connectivity index (χ1) is 0. The van der Waals surface area contributed by atoms with Gasteiger partial charge in [0.2, 0.25) is 0 Å². The van der Waals surface area contributed by atoms with Crippen molar-refractivity contribution in [3.05, 3.63) is 0 Å². The molecule has 54 heavy (non-hydrogen) atoms. The molecule has 0 aliphatic carbocycles. The third kappa shape index (κ3) is 1680. The molecule has 32 nitrogen and oxygen atoms in total. The molecule has 0 spiro atoms. The van der Waals surface area contributed by atoms with Gasteiger partial charge in [0, 0.05) is 0 Å². The number of hydrogen-bond acceptors (Lipinski definition) is 0. The maximum Gasteiger partial charge on any atom is 2.00 e. The van der Waals surface area contributed by atoms with E-state index in [4.69, 9.17) is 0 Å². The van der Waals surface area contributed by atoms with Gasteiger partial charge in [-0.25, -0.2) is 0 Å². The van der Waals surface area contributed by atoms with E-state index in [9.17, 15) is 0 Å². The second kappa shape index (κ2) is 1760. The molecule has 0 N–H and O–H groups in total. The van der Waals surface area contributed by atoms with Gasteiger partial charge < -0.3 is 175 Å². The van der Waals surface area contributed by atoms with Crippen LogP contribution in [0, 0.1) is 0 Å². The van der Waals surface area contributed by atoms with E-state index in [0.717, 1.165) is 0 Å². The van der Waals surface area contributed by atoms with Crippen LogP contribution in [0.15, 0.2) is 0 Å². The third-order valence-corrected chi connectivity index (χ3v) is 0. The minimum atomic E-state index is 0. The van der Waals surface area contributed by atoms with Crippen LogP contribution in [-0.2, 0) is 604 Å². The minimum Gasteiger partial charge on any atom is -2.00 e. The molecular formula is O32Zn22-20. The molecule has 0 bridgehead atoms. The molecule has 0 atom stereocenters. The first-order valence-electron chi connectivity index (χ1n) is 0. The Hall–Kier alpha value is 12.4. The molecule has 0 fully saturated rings. The molecule has 0 amide bonds. The fraction of sp³-hybridized carbons (Fsp3) is 0. The normalized spacial score (nSPS) is 0. The summed E-state index contributed by atoms with van der Waals surface area (Å²) in [4.78, 5) is 0. The fourth-order valence-electron chi connectivity index (χ4n) is 0. The van der Waals surface area contributed by atoms with Gasteiger partial charge >= 0.3 is 429 Å². The van der Waals surface area contributed by atoms with Crippen molar-refractivity contribution in [1.82, 2.24) is 0 Å². The van der Waals surface area contributed by atoms with Crippen LogP contribution in [-0.4, -0.2) is 0 Å².